The zero-order valence-electron chi connectivity index (χ0n) is 17.7. The summed E-state index contributed by atoms with van der Waals surface area (Å²) in [4.78, 5) is 0. The molecule has 0 saturated heterocycles. The molecule has 0 saturated carbocycles. The highest BCUT2D eigenvalue weighted by atomic mass is 19.2. The van der Waals surface area contributed by atoms with Crippen LogP contribution in [0.5, 0.6) is 0 Å². The predicted octanol–water partition coefficient (Wildman–Crippen LogP) is 5.39. The summed E-state index contributed by atoms with van der Waals surface area (Å²) >= 11 is 0. The van der Waals surface area contributed by atoms with Gasteiger partial charge < -0.3 is 20.8 Å². The molecule has 0 aliphatic heterocycles. The molecular formula is C22H26F3N5O. The van der Waals surface area contributed by atoms with Gasteiger partial charge in [-0.1, -0.05) is 31.9 Å². The van der Waals surface area contributed by atoms with Gasteiger partial charge in [-0.15, -0.1) is 5.10 Å². The molecule has 0 bridgehead atoms. The smallest absolute Gasteiger partial charge is 0.316 e. The monoisotopic (exact) mass is 433 g/mol. The molecule has 0 atom stereocenters. The molecule has 2 aromatic carbocycles. The molecule has 0 aliphatic rings. The average molecular weight is 433 g/mol. The van der Waals surface area contributed by atoms with Crippen LogP contribution in [-0.4, -0.2) is 22.3 Å². The Morgan fingerprint density at radius 2 is 1.74 bits per heavy atom. The van der Waals surface area contributed by atoms with E-state index >= 15 is 0 Å². The second kappa shape index (κ2) is 9.38. The zero-order chi connectivity index (χ0) is 22.6. The van der Waals surface area contributed by atoms with Crippen LogP contribution in [0.2, 0.25) is 0 Å². The summed E-state index contributed by atoms with van der Waals surface area (Å²) in [5, 5.41) is 13.7. The van der Waals surface area contributed by atoms with E-state index in [1.807, 2.05) is 20.8 Å². The number of aryl methyl sites for hydroxylation is 1. The molecule has 9 heteroatoms. The molecule has 0 unspecified atom stereocenters. The standard InChI is InChI=1S/C22H26F3N5O/c1-4-13-7-10-17(16(24)11-13)27-19-14(8-9-15(23)18(19)25)20-29-30-21(31-20)28-22(5-2,6-3)12-26/h7-11,27H,4-6,12,26H2,1-3H3,(H,28,30). The number of anilines is 3. The molecule has 31 heavy (non-hydrogen) atoms. The van der Waals surface area contributed by atoms with Crippen molar-refractivity contribution in [1.82, 2.24) is 10.2 Å². The molecule has 0 amide bonds. The molecule has 4 N–H and O–H groups in total. The Balaban J connectivity index is 1.98. The number of nitrogens with two attached hydrogens (primary N) is 1. The third kappa shape index (κ3) is 4.66. The summed E-state index contributed by atoms with van der Waals surface area (Å²) in [6.07, 6.45) is 2.10. The van der Waals surface area contributed by atoms with E-state index in [0.29, 0.717) is 13.0 Å². The van der Waals surface area contributed by atoms with Crippen molar-refractivity contribution in [3.63, 3.8) is 0 Å². The normalized spacial score (nSPS) is 11.6. The minimum Gasteiger partial charge on any atom is -0.403 e. The quantitative estimate of drug-likeness (QED) is 0.419. The van der Waals surface area contributed by atoms with Gasteiger partial charge in [0.1, 0.15) is 5.82 Å². The van der Waals surface area contributed by atoms with Crippen molar-refractivity contribution in [2.45, 2.75) is 45.6 Å². The van der Waals surface area contributed by atoms with Crippen LogP contribution in [0.4, 0.5) is 30.6 Å². The van der Waals surface area contributed by atoms with Crippen LogP contribution < -0.4 is 16.4 Å². The van der Waals surface area contributed by atoms with Crippen molar-refractivity contribution >= 4 is 17.4 Å². The Kier molecular flexibility index (Phi) is 6.84. The lowest BCUT2D eigenvalue weighted by Crippen LogP contribution is -2.44. The highest BCUT2D eigenvalue weighted by Gasteiger charge is 2.27. The highest BCUT2D eigenvalue weighted by molar-refractivity contribution is 5.78. The summed E-state index contributed by atoms with van der Waals surface area (Å²) in [6.45, 7) is 6.21. The first-order chi connectivity index (χ1) is 14.9. The second-order valence-corrected chi connectivity index (χ2v) is 7.31. The SMILES string of the molecule is CCc1ccc(Nc2c(-c3nnc(NC(CC)(CC)CN)o3)ccc(F)c2F)c(F)c1. The van der Waals surface area contributed by atoms with Gasteiger partial charge >= 0.3 is 6.01 Å². The van der Waals surface area contributed by atoms with Gasteiger partial charge in [0.15, 0.2) is 11.6 Å². The fraction of sp³-hybridized carbons (Fsp3) is 0.364. The summed E-state index contributed by atoms with van der Waals surface area (Å²) in [5.41, 5.74) is 6.05. The Bertz CT molecular complexity index is 1040. The fourth-order valence-electron chi connectivity index (χ4n) is 3.24. The van der Waals surface area contributed by atoms with Gasteiger partial charge in [0.25, 0.3) is 5.89 Å². The molecule has 6 nitrogen and oxygen atoms in total. The van der Waals surface area contributed by atoms with Gasteiger partial charge in [0, 0.05) is 6.54 Å². The summed E-state index contributed by atoms with van der Waals surface area (Å²) in [6, 6.07) is 6.88. The molecule has 3 aromatic rings. The van der Waals surface area contributed by atoms with Gasteiger partial charge in [-0.05, 0) is 49.1 Å². The minimum absolute atomic E-state index is 0.0000663. The van der Waals surface area contributed by atoms with Gasteiger partial charge in [-0.25, -0.2) is 13.2 Å². The molecule has 0 aliphatic carbocycles. The third-order valence-corrected chi connectivity index (χ3v) is 5.57. The van der Waals surface area contributed by atoms with Crippen LogP contribution in [0, 0.1) is 17.5 Å². The molecule has 1 heterocycles. The van der Waals surface area contributed by atoms with Crippen LogP contribution >= 0.6 is 0 Å². The summed E-state index contributed by atoms with van der Waals surface area (Å²) < 4.78 is 48.7. The van der Waals surface area contributed by atoms with E-state index in [4.69, 9.17) is 10.2 Å². The maximum Gasteiger partial charge on any atom is 0.316 e. The lowest BCUT2D eigenvalue weighted by molar-refractivity contribution is 0.424. The number of rotatable bonds is 9. The Morgan fingerprint density at radius 3 is 2.35 bits per heavy atom. The minimum atomic E-state index is -1.18. The summed E-state index contributed by atoms with van der Waals surface area (Å²) in [5.74, 6) is -2.90. The van der Waals surface area contributed by atoms with Crippen molar-refractivity contribution in [1.29, 1.82) is 0 Å². The Hall–Kier alpha value is -3.07. The number of aromatic nitrogens is 2. The van der Waals surface area contributed by atoms with E-state index in [1.165, 1.54) is 18.2 Å². The van der Waals surface area contributed by atoms with E-state index in [1.54, 1.807) is 6.07 Å². The van der Waals surface area contributed by atoms with E-state index in [-0.39, 0.29) is 28.8 Å². The number of nitrogens with one attached hydrogen (secondary N) is 2. The molecule has 0 spiro atoms. The van der Waals surface area contributed by atoms with Crippen molar-refractivity contribution in [3.05, 3.63) is 53.3 Å². The maximum absolute atomic E-state index is 14.7. The first kappa shape index (κ1) is 22.6. The van der Waals surface area contributed by atoms with E-state index in [9.17, 15) is 13.2 Å². The van der Waals surface area contributed by atoms with Gasteiger partial charge in [0.05, 0.1) is 22.5 Å². The van der Waals surface area contributed by atoms with Crippen LogP contribution in [0.1, 0.15) is 39.2 Å². The first-order valence-corrected chi connectivity index (χ1v) is 10.2. The number of hydrogen-bond donors (Lipinski definition) is 3. The van der Waals surface area contributed by atoms with Gasteiger partial charge in [-0.2, -0.15) is 0 Å². The third-order valence-electron chi connectivity index (χ3n) is 5.57. The molecule has 0 fully saturated rings. The fourth-order valence-corrected chi connectivity index (χ4v) is 3.24. The number of nitrogens with zero attached hydrogens (tertiary/aromatic N) is 2. The van der Waals surface area contributed by atoms with Crippen LogP contribution in [0.25, 0.3) is 11.5 Å². The largest absolute Gasteiger partial charge is 0.403 e. The van der Waals surface area contributed by atoms with Gasteiger partial charge in [0.2, 0.25) is 0 Å². The van der Waals surface area contributed by atoms with Gasteiger partial charge in [-0.3, -0.25) is 0 Å². The van der Waals surface area contributed by atoms with Crippen molar-refractivity contribution in [2.24, 2.45) is 5.73 Å². The van der Waals surface area contributed by atoms with E-state index < -0.39 is 23.0 Å². The molecule has 1 aromatic heterocycles. The lowest BCUT2D eigenvalue weighted by atomic mass is 9.93. The Morgan fingerprint density at radius 1 is 1.00 bits per heavy atom. The average Bonchev–Trinajstić information content (AvgIpc) is 3.24. The molecule has 166 valence electrons. The van der Waals surface area contributed by atoms with E-state index in [0.717, 1.165) is 24.5 Å². The van der Waals surface area contributed by atoms with Crippen molar-refractivity contribution in [2.75, 3.05) is 17.2 Å². The Labute approximate surface area is 179 Å². The molecule has 3 rings (SSSR count). The topological polar surface area (TPSA) is 89.0 Å². The highest BCUT2D eigenvalue weighted by Crippen LogP contribution is 2.35. The summed E-state index contributed by atoms with van der Waals surface area (Å²) in [7, 11) is 0. The lowest BCUT2D eigenvalue weighted by Gasteiger charge is -2.30. The van der Waals surface area contributed by atoms with Crippen LogP contribution in [-0.2, 0) is 6.42 Å². The molecular weight excluding hydrogens is 407 g/mol. The maximum atomic E-state index is 14.7. The first-order valence-electron chi connectivity index (χ1n) is 10.2. The van der Waals surface area contributed by atoms with Crippen LogP contribution in [0.15, 0.2) is 34.7 Å². The second-order valence-electron chi connectivity index (χ2n) is 7.31. The number of hydrogen-bond acceptors (Lipinski definition) is 6. The molecule has 0 radical (unpaired) electrons. The van der Waals surface area contributed by atoms with Crippen LogP contribution in [0.3, 0.4) is 0 Å². The van der Waals surface area contributed by atoms with Crippen molar-refractivity contribution in [3.8, 4) is 11.5 Å². The number of halogens is 3. The van der Waals surface area contributed by atoms with E-state index in [2.05, 4.69) is 20.8 Å². The predicted molar refractivity (Wildman–Crippen MR) is 115 cm³/mol. The zero-order valence-corrected chi connectivity index (χ0v) is 17.7. The van der Waals surface area contributed by atoms with Crippen molar-refractivity contribution < 1.29 is 17.6 Å². The number of benzene rings is 2.